The number of nitrogens with zero attached hydrogens (tertiary/aromatic N) is 1. The maximum atomic E-state index is 14.5. The summed E-state index contributed by atoms with van der Waals surface area (Å²) in [5, 5.41) is 0. The van der Waals surface area contributed by atoms with Crippen molar-refractivity contribution in [1.82, 2.24) is 4.57 Å². The number of carbonyl (C=O) groups is 2. The normalized spacial score (nSPS) is 17.6. The van der Waals surface area contributed by atoms with E-state index < -0.39 is 45.1 Å². The van der Waals surface area contributed by atoms with Gasteiger partial charge in [-0.1, -0.05) is 43.7 Å². The van der Waals surface area contributed by atoms with Crippen molar-refractivity contribution < 1.29 is 45.7 Å². The molecule has 4 aromatic rings. The second-order valence-corrected chi connectivity index (χ2v) is 17.1. The standard InChI is InChI=1S/C41H48F2N2O7S/c1-25(2)37-36(39(47)44-53(48,49)33-19-9-26(3)10-20-33)35(27-11-15-29(42)16-12-27)38(28-13-17-30(43)18-14-28)45(37)22-21-31-23-32(51-41(7,8)50-31)24-34(46)52-40(4,5)6/h9-20,25,31-32H,21-24H2,1-8H3,(H,44,47)/p+1/t31-,32-/m1/s1. The molecule has 0 spiro atoms. The van der Waals surface area contributed by atoms with E-state index >= 15 is 0 Å². The lowest BCUT2D eigenvalue weighted by Gasteiger charge is -2.41. The van der Waals surface area contributed by atoms with E-state index in [0.717, 1.165) is 10.3 Å². The molecule has 284 valence electrons. The highest BCUT2D eigenvalue weighted by Gasteiger charge is 2.39. The first-order valence-corrected chi connectivity index (χ1v) is 19.3. The van der Waals surface area contributed by atoms with Gasteiger partial charge >= 0.3 is 21.9 Å². The molecular formula is C41H49F2N2O7S+. The fourth-order valence-electron chi connectivity index (χ4n) is 6.88. The van der Waals surface area contributed by atoms with E-state index in [1.165, 1.54) is 36.4 Å². The number of aromatic nitrogens is 1. The summed E-state index contributed by atoms with van der Waals surface area (Å²) < 4.78 is 76.6. The van der Waals surface area contributed by atoms with Crippen LogP contribution < -0.4 is 4.72 Å². The van der Waals surface area contributed by atoms with Crippen LogP contribution in [-0.4, -0.2) is 48.5 Å². The van der Waals surface area contributed by atoms with E-state index in [9.17, 15) is 26.8 Å². The predicted molar refractivity (Wildman–Crippen MR) is 197 cm³/mol. The number of ether oxygens (including phenoxy) is 3. The molecule has 2 N–H and O–H groups in total. The molecule has 0 saturated carbocycles. The molecule has 0 unspecified atom stereocenters. The number of rotatable bonds is 11. The molecule has 1 aliphatic heterocycles. The van der Waals surface area contributed by atoms with Gasteiger partial charge in [-0.15, -0.1) is 0 Å². The highest BCUT2D eigenvalue weighted by molar-refractivity contribution is 7.85. The van der Waals surface area contributed by atoms with Crippen molar-refractivity contribution in [2.24, 2.45) is 0 Å². The zero-order chi connectivity index (χ0) is 38.9. The summed E-state index contributed by atoms with van der Waals surface area (Å²) in [5.74, 6) is -3.37. The van der Waals surface area contributed by atoms with Gasteiger partial charge in [0.1, 0.15) is 27.7 Å². The molecule has 5 rings (SSSR count). The number of primary sulfonamides is 1. The molecule has 3 aromatic carbocycles. The van der Waals surface area contributed by atoms with Crippen molar-refractivity contribution in [1.29, 1.82) is 0 Å². The summed E-state index contributed by atoms with van der Waals surface area (Å²) in [6.07, 6.45) is 0.00370. The van der Waals surface area contributed by atoms with Gasteiger partial charge in [0, 0.05) is 24.2 Å². The Kier molecular flexibility index (Phi) is 11.8. The van der Waals surface area contributed by atoms with Crippen LogP contribution >= 0.6 is 0 Å². The molecular weight excluding hydrogens is 703 g/mol. The number of halogens is 2. The number of esters is 1. The lowest BCUT2D eigenvalue weighted by atomic mass is 9.94. The van der Waals surface area contributed by atoms with Crippen molar-refractivity contribution in [3.8, 4) is 22.4 Å². The number of aryl methyl sites for hydroxylation is 1. The molecule has 1 aromatic heterocycles. The van der Waals surface area contributed by atoms with E-state index in [1.54, 1.807) is 71.0 Å². The minimum Gasteiger partial charge on any atom is -0.460 e. The predicted octanol–water partition coefficient (Wildman–Crippen LogP) is 7.66. The summed E-state index contributed by atoms with van der Waals surface area (Å²) in [6, 6.07) is 17.7. The molecule has 9 nitrogen and oxygen atoms in total. The van der Waals surface area contributed by atoms with Gasteiger partial charge in [-0.25, -0.2) is 13.6 Å². The number of quaternary nitrogens is 1. The molecule has 53 heavy (non-hydrogen) atoms. The maximum Gasteiger partial charge on any atom is 0.360 e. The Hall–Kier alpha value is -4.23. The Morgan fingerprint density at radius 1 is 0.906 bits per heavy atom. The average molecular weight is 752 g/mol. The zero-order valence-electron chi connectivity index (χ0n) is 31.5. The molecule has 1 amide bonds. The van der Waals surface area contributed by atoms with Crippen LogP contribution in [-0.2, 0) is 35.6 Å². The SMILES string of the molecule is Cc1ccc(S(=O)(=O)[NH2+]C(=O)c2c(-c3ccc(F)cc3)c(-c3ccc(F)cc3)n(CC[C@@H]3C[C@H](CC(=O)OC(C)(C)C)OC(C)(C)O3)c2C(C)C)cc1. The van der Waals surface area contributed by atoms with Crippen molar-refractivity contribution in [3.63, 3.8) is 0 Å². The van der Waals surface area contributed by atoms with Crippen LogP contribution in [0.1, 0.15) is 95.3 Å². The van der Waals surface area contributed by atoms with Gasteiger partial charge in [-0.3, -0.25) is 4.79 Å². The number of carbonyl (C=O) groups excluding carboxylic acids is 2. The largest absolute Gasteiger partial charge is 0.460 e. The monoisotopic (exact) mass is 751 g/mol. The zero-order valence-corrected chi connectivity index (χ0v) is 32.4. The maximum absolute atomic E-state index is 14.5. The molecule has 2 heterocycles. The van der Waals surface area contributed by atoms with Crippen LogP contribution in [0.2, 0.25) is 0 Å². The smallest absolute Gasteiger partial charge is 0.360 e. The highest BCUT2D eigenvalue weighted by atomic mass is 32.2. The first-order chi connectivity index (χ1) is 24.7. The molecule has 0 radical (unpaired) electrons. The number of nitrogens with two attached hydrogens (primary N) is 1. The molecule has 1 fully saturated rings. The summed E-state index contributed by atoms with van der Waals surface area (Å²) in [6.45, 7) is 14.9. The second-order valence-electron chi connectivity index (χ2n) is 15.3. The Bertz CT molecular complexity index is 2050. The molecule has 12 heteroatoms. The molecule has 0 bridgehead atoms. The first-order valence-electron chi connectivity index (χ1n) is 17.8. The van der Waals surface area contributed by atoms with E-state index in [0.29, 0.717) is 47.5 Å². The Morgan fingerprint density at radius 2 is 1.45 bits per heavy atom. The van der Waals surface area contributed by atoms with Gasteiger partial charge < -0.3 is 18.8 Å². The third-order valence-corrected chi connectivity index (χ3v) is 10.3. The third kappa shape index (κ3) is 9.85. The van der Waals surface area contributed by atoms with Crippen molar-refractivity contribution in [3.05, 3.63) is 101 Å². The van der Waals surface area contributed by atoms with Crippen LogP contribution in [0, 0.1) is 18.6 Å². The van der Waals surface area contributed by atoms with Crippen LogP contribution in [0.25, 0.3) is 22.4 Å². The van der Waals surface area contributed by atoms with Gasteiger partial charge in [0.15, 0.2) is 5.79 Å². The number of sulfonamides is 1. The van der Waals surface area contributed by atoms with Crippen molar-refractivity contribution >= 4 is 21.9 Å². The van der Waals surface area contributed by atoms with Gasteiger partial charge in [0.25, 0.3) is 0 Å². The Balaban J connectivity index is 1.63. The summed E-state index contributed by atoms with van der Waals surface area (Å²) in [4.78, 5) is 27.2. The number of benzene rings is 3. The minimum absolute atomic E-state index is 0.0238. The van der Waals surface area contributed by atoms with Crippen LogP contribution in [0.3, 0.4) is 0 Å². The van der Waals surface area contributed by atoms with Gasteiger partial charge in [0.2, 0.25) is 0 Å². The number of primary amides is 1. The van der Waals surface area contributed by atoms with Crippen molar-refractivity contribution in [2.75, 3.05) is 0 Å². The minimum atomic E-state index is -4.18. The van der Waals surface area contributed by atoms with Gasteiger partial charge in [-0.05, 0) is 114 Å². The van der Waals surface area contributed by atoms with Gasteiger partial charge in [0.05, 0.1) is 24.3 Å². The summed E-state index contributed by atoms with van der Waals surface area (Å²) >= 11 is 0. The van der Waals surface area contributed by atoms with E-state index in [2.05, 4.69) is 0 Å². The lowest BCUT2D eigenvalue weighted by Crippen LogP contribution is -2.90. The van der Waals surface area contributed by atoms with Gasteiger partial charge in [-0.2, -0.15) is 13.1 Å². The van der Waals surface area contributed by atoms with E-state index in [1.807, 2.05) is 25.3 Å². The summed E-state index contributed by atoms with van der Waals surface area (Å²) in [5.41, 5.74) is 2.92. The fourth-order valence-corrected chi connectivity index (χ4v) is 7.94. The van der Waals surface area contributed by atoms with E-state index in [-0.39, 0.29) is 34.9 Å². The number of hydrogen-bond donors (Lipinski definition) is 1. The fraction of sp³-hybridized carbons (Fsp3) is 0.415. The highest BCUT2D eigenvalue weighted by Crippen LogP contribution is 2.43. The topological polar surface area (TPSA) is 118 Å². The number of hydrogen-bond acceptors (Lipinski definition) is 7. The van der Waals surface area contributed by atoms with Crippen LogP contribution in [0.4, 0.5) is 8.78 Å². The van der Waals surface area contributed by atoms with Crippen LogP contribution in [0.15, 0.2) is 77.7 Å². The molecule has 2 atom stereocenters. The van der Waals surface area contributed by atoms with Crippen LogP contribution in [0.5, 0.6) is 0 Å². The van der Waals surface area contributed by atoms with E-state index in [4.69, 9.17) is 14.2 Å². The first kappa shape index (κ1) is 40.0. The summed E-state index contributed by atoms with van der Waals surface area (Å²) in [7, 11) is -4.18. The molecule has 1 saturated heterocycles. The lowest BCUT2D eigenvalue weighted by molar-refractivity contribution is -0.386. The Morgan fingerprint density at radius 3 is 2.00 bits per heavy atom. The average Bonchev–Trinajstić information content (AvgIpc) is 3.38. The quantitative estimate of drug-likeness (QED) is 0.157. The molecule has 1 aliphatic rings. The number of amides is 1. The molecule has 0 aliphatic carbocycles. The third-order valence-electron chi connectivity index (χ3n) is 8.87. The van der Waals surface area contributed by atoms with Crippen molar-refractivity contribution in [2.45, 2.75) is 116 Å². The Labute approximate surface area is 310 Å². The second kappa shape index (κ2) is 15.6.